The summed E-state index contributed by atoms with van der Waals surface area (Å²) in [6.45, 7) is 4.19. The first kappa shape index (κ1) is 14.9. The van der Waals surface area contributed by atoms with Crippen LogP contribution < -0.4 is 9.47 Å². The van der Waals surface area contributed by atoms with E-state index in [2.05, 4.69) is 25.9 Å². The Morgan fingerprint density at radius 2 is 1.81 bits per heavy atom. The zero-order chi connectivity index (χ0) is 15.1. The minimum absolute atomic E-state index is 0.155. The van der Waals surface area contributed by atoms with E-state index in [1.165, 1.54) is 0 Å². The first-order valence-electron chi connectivity index (χ1n) is 6.30. The van der Waals surface area contributed by atoms with Gasteiger partial charge in [0, 0.05) is 11.1 Å². The quantitative estimate of drug-likeness (QED) is 0.673. The molecule has 0 bridgehead atoms. The maximum Gasteiger partial charge on any atom is 0.231 e. The van der Waals surface area contributed by atoms with E-state index in [-0.39, 0.29) is 12.7 Å². The molecule has 0 atom stereocenters. The van der Waals surface area contributed by atoms with Crippen molar-refractivity contribution in [2.24, 2.45) is 0 Å². The van der Waals surface area contributed by atoms with E-state index in [4.69, 9.17) is 32.7 Å². The van der Waals surface area contributed by atoms with Gasteiger partial charge in [0.2, 0.25) is 6.79 Å². The van der Waals surface area contributed by atoms with Crippen LogP contribution in [0.3, 0.4) is 0 Å². The predicted molar refractivity (Wildman–Crippen MR) is 85.4 cm³/mol. The lowest BCUT2D eigenvalue weighted by molar-refractivity contribution is 0.173. The maximum atomic E-state index is 6.23. The van der Waals surface area contributed by atoms with E-state index in [9.17, 15) is 0 Å². The van der Waals surface area contributed by atoms with E-state index < -0.39 is 0 Å². The van der Waals surface area contributed by atoms with E-state index in [1.54, 1.807) is 0 Å². The van der Waals surface area contributed by atoms with Crippen LogP contribution in [-0.4, -0.2) is 16.8 Å². The molecule has 0 unspecified atom stereocenters. The van der Waals surface area contributed by atoms with Crippen molar-refractivity contribution in [1.82, 2.24) is 9.97 Å². The molecule has 0 aliphatic carbocycles. The standard InChI is InChI=1S/C14H11BrCl2N2O2/c1-6(2)10-12(16)18-14(19-13(10)17)7-3-8(15)11-9(4-7)20-5-21-11/h3-4,6H,5H2,1-2H3. The SMILES string of the molecule is CC(C)c1c(Cl)nc(-c2cc(Br)c3c(c2)OCO3)nc1Cl. The minimum atomic E-state index is 0.155. The Kier molecular flexibility index (Phi) is 3.99. The molecule has 2 aromatic rings. The number of aromatic nitrogens is 2. The third-order valence-electron chi connectivity index (χ3n) is 3.12. The number of benzene rings is 1. The van der Waals surface area contributed by atoms with Crippen molar-refractivity contribution in [1.29, 1.82) is 0 Å². The van der Waals surface area contributed by atoms with E-state index >= 15 is 0 Å². The zero-order valence-corrected chi connectivity index (χ0v) is 14.4. The second-order valence-electron chi connectivity index (χ2n) is 4.89. The van der Waals surface area contributed by atoms with Crippen LogP contribution in [0.5, 0.6) is 11.5 Å². The summed E-state index contributed by atoms with van der Waals surface area (Å²) in [5.74, 6) is 1.92. The summed E-state index contributed by atoms with van der Waals surface area (Å²) < 4.78 is 11.5. The third-order valence-corrected chi connectivity index (χ3v) is 4.28. The normalized spacial score (nSPS) is 13.0. The molecule has 1 aromatic carbocycles. The third kappa shape index (κ3) is 2.70. The molecule has 0 radical (unpaired) electrons. The van der Waals surface area contributed by atoms with Gasteiger partial charge in [-0.25, -0.2) is 9.97 Å². The molecule has 0 amide bonds. The van der Waals surface area contributed by atoms with Crippen molar-refractivity contribution in [3.05, 3.63) is 32.5 Å². The van der Waals surface area contributed by atoms with Crippen molar-refractivity contribution in [2.45, 2.75) is 19.8 Å². The Balaban J connectivity index is 2.12. The highest BCUT2D eigenvalue weighted by molar-refractivity contribution is 9.10. The molecule has 0 spiro atoms. The number of halogens is 3. The Labute approximate surface area is 140 Å². The summed E-state index contributed by atoms with van der Waals surface area (Å²) in [4.78, 5) is 8.69. The van der Waals surface area contributed by atoms with Gasteiger partial charge in [-0.2, -0.15) is 0 Å². The van der Waals surface area contributed by atoms with E-state index in [0.29, 0.717) is 27.6 Å². The largest absolute Gasteiger partial charge is 0.454 e. The molecule has 21 heavy (non-hydrogen) atoms. The number of hydrogen-bond acceptors (Lipinski definition) is 4. The van der Waals surface area contributed by atoms with Crippen molar-refractivity contribution in [3.8, 4) is 22.9 Å². The van der Waals surface area contributed by atoms with Crippen LogP contribution in [0.4, 0.5) is 0 Å². The second kappa shape index (κ2) is 5.63. The van der Waals surface area contributed by atoms with Gasteiger partial charge in [-0.05, 0) is 34.0 Å². The van der Waals surface area contributed by atoms with Gasteiger partial charge >= 0.3 is 0 Å². The van der Waals surface area contributed by atoms with Crippen LogP contribution in [0.2, 0.25) is 10.3 Å². The van der Waals surface area contributed by atoms with Gasteiger partial charge in [-0.3, -0.25) is 0 Å². The molecule has 0 saturated heterocycles. The molecule has 0 N–H and O–H groups in total. The lowest BCUT2D eigenvalue weighted by Gasteiger charge is -2.11. The molecular formula is C14H11BrCl2N2O2. The number of rotatable bonds is 2. The lowest BCUT2D eigenvalue weighted by atomic mass is 10.1. The van der Waals surface area contributed by atoms with E-state index in [0.717, 1.165) is 15.6 Å². The highest BCUT2D eigenvalue weighted by atomic mass is 79.9. The fourth-order valence-electron chi connectivity index (χ4n) is 2.12. The fourth-order valence-corrected chi connectivity index (χ4v) is 3.50. The number of ether oxygens (including phenoxy) is 2. The fraction of sp³-hybridized carbons (Fsp3) is 0.286. The van der Waals surface area contributed by atoms with Crippen LogP contribution in [0, 0.1) is 0 Å². The van der Waals surface area contributed by atoms with Gasteiger partial charge in [0.05, 0.1) is 4.47 Å². The molecule has 1 aliphatic rings. The Morgan fingerprint density at radius 3 is 2.43 bits per heavy atom. The van der Waals surface area contributed by atoms with Crippen LogP contribution in [0.15, 0.2) is 16.6 Å². The van der Waals surface area contributed by atoms with Gasteiger partial charge < -0.3 is 9.47 Å². The molecule has 7 heteroatoms. The monoisotopic (exact) mass is 388 g/mol. The van der Waals surface area contributed by atoms with Gasteiger partial charge in [-0.15, -0.1) is 0 Å². The molecule has 2 heterocycles. The van der Waals surface area contributed by atoms with Gasteiger partial charge in [0.15, 0.2) is 17.3 Å². The van der Waals surface area contributed by atoms with Gasteiger partial charge in [0.25, 0.3) is 0 Å². The van der Waals surface area contributed by atoms with Gasteiger partial charge in [-0.1, -0.05) is 37.0 Å². The van der Waals surface area contributed by atoms with Gasteiger partial charge in [0.1, 0.15) is 10.3 Å². The first-order valence-corrected chi connectivity index (χ1v) is 7.84. The lowest BCUT2D eigenvalue weighted by Crippen LogP contribution is -1.99. The smallest absolute Gasteiger partial charge is 0.231 e. The van der Waals surface area contributed by atoms with Crippen LogP contribution in [-0.2, 0) is 0 Å². The molecule has 0 saturated carbocycles. The molecule has 1 aliphatic heterocycles. The molecule has 4 nitrogen and oxygen atoms in total. The average Bonchev–Trinajstić information content (AvgIpc) is 2.86. The summed E-state index contributed by atoms with van der Waals surface area (Å²) in [6, 6.07) is 3.66. The van der Waals surface area contributed by atoms with Crippen molar-refractivity contribution < 1.29 is 9.47 Å². The molecule has 110 valence electrons. The predicted octanol–water partition coefficient (Wildman–Crippen LogP) is 5.07. The van der Waals surface area contributed by atoms with Crippen LogP contribution >= 0.6 is 39.1 Å². The highest BCUT2D eigenvalue weighted by Gasteiger charge is 2.21. The Hall–Kier alpha value is -1.04. The van der Waals surface area contributed by atoms with E-state index in [1.807, 2.05) is 26.0 Å². The zero-order valence-electron chi connectivity index (χ0n) is 11.3. The summed E-state index contributed by atoms with van der Waals surface area (Å²) in [5, 5.41) is 0.738. The van der Waals surface area contributed by atoms with Crippen molar-refractivity contribution in [2.75, 3.05) is 6.79 Å². The molecule has 3 rings (SSSR count). The Morgan fingerprint density at radius 1 is 1.14 bits per heavy atom. The van der Waals surface area contributed by atoms with Crippen LogP contribution in [0.1, 0.15) is 25.3 Å². The summed E-state index contributed by atoms with van der Waals surface area (Å²) in [6.07, 6.45) is 0. The summed E-state index contributed by atoms with van der Waals surface area (Å²) in [5.41, 5.74) is 1.51. The number of fused-ring (bicyclic) bond motifs is 1. The number of nitrogens with zero attached hydrogens (tertiary/aromatic N) is 2. The number of hydrogen-bond donors (Lipinski definition) is 0. The van der Waals surface area contributed by atoms with Crippen molar-refractivity contribution in [3.63, 3.8) is 0 Å². The molecule has 0 fully saturated rings. The van der Waals surface area contributed by atoms with Crippen molar-refractivity contribution >= 4 is 39.1 Å². The average molecular weight is 390 g/mol. The molecule has 1 aromatic heterocycles. The summed E-state index contributed by atoms with van der Waals surface area (Å²) in [7, 11) is 0. The maximum absolute atomic E-state index is 6.23. The summed E-state index contributed by atoms with van der Waals surface area (Å²) >= 11 is 15.9. The molecular weight excluding hydrogens is 379 g/mol. The highest BCUT2D eigenvalue weighted by Crippen LogP contribution is 2.42. The van der Waals surface area contributed by atoms with Crippen LogP contribution in [0.25, 0.3) is 11.4 Å². The Bertz CT molecular complexity index is 699. The second-order valence-corrected chi connectivity index (χ2v) is 6.46. The topological polar surface area (TPSA) is 44.2 Å². The first-order chi connectivity index (χ1) is 9.97. The minimum Gasteiger partial charge on any atom is -0.454 e.